The molecule has 0 saturated carbocycles. The Morgan fingerprint density at radius 1 is 1.00 bits per heavy atom. The van der Waals surface area contributed by atoms with Crippen molar-refractivity contribution in [2.24, 2.45) is 0 Å². The molecule has 7 heteroatoms. The van der Waals surface area contributed by atoms with Crippen molar-refractivity contribution in [1.82, 2.24) is 9.97 Å². The van der Waals surface area contributed by atoms with E-state index >= 15 is 0 Å². The van der Waals surface area contributed by atoms with E-state index in [-0.39, 0.29) is 17.5 Å². The Morgan fingerprint density at radius 3 is 2.46 bits per heavy atom. The maximum atomic E-state index is 12.1. The van der Waals surface area contributed by atoms with Crippen LogP contribution in [-0.2, 0) is 4.79 Å². The second-order valence-corrected chi connectivity index (χ2v) is 5.83. The standard InChI is InChI=1S/C17H14N4O2S/c1-11(22)19-17-20-14(10-24-17)16(23)21-15-8-7-13(9-18-15)12-5-3-2-4-6-12/h2-10H,1H3,(H,18,21,23)(H,19,20,22). The van der Waals surface area contributed by atoms with Gasteiger partial charge in [-0.05, 0) is 17.7 Å². The van der Waals surface area contributed by atoms with Crippen LogP contribution in [0.5, 0.6) is 0 Å². The van der Waals surface area contributed by atoms with Gasteiger partial charge in [0.05, 0.1) is 0 Å². The molecule has 120 valence electrons. The minimum atomic E-state index is -0.372. The Kier molecular flexibility index (Phi) is 4.62. The number of anilines is 2. The van der Waals surface area contributed by atoms with Crippen LogP contribution in [0.3, 0.4) is 0 Å². The summed E-state index contributed by atoms with van der Waals surface area (Å²) >= 11 is 1.19. The number of pyridine rings is 1. The van der Waals surface area contributed by atoms with E-state index in [0.717, 1.165) is 11.1 Å². The van der Waals surface area contributed by atoms with Crippen molar-refractivity contribution in [2.75, 3.05) is 10.6 Å². The lowest BCUT2D eigenvalue weighted by molar-refractivity contribution is -0.114. The second-order valence-electron chi connectivity index (χ2n) is 4.97. The van der Waals surface area contributed by atoms with Crippen LogP contribution in [0.15, 0.2) is 54.0 Å². The molecule has 0 atom stereocenters. The molecular weight excluding hydrogens is 324 g/mol. The molecule has 0 aliphatic carbocycles. The van der Waals surface area contributed by atoms with Crippen molar-refractivity contribution in [3.05, 3.63) is 59.7 Å². The summed E-state index contributed by atoms with van der Waals surface area (Å²) in [6.07, 6.45) is 1.70. The average Bonchev–Trinajstić information content (AvgIpc) is 3.04. The van der Waals surface area contributed by atoms with Gasteiger partial charge in [0, 0.05) is 24.1 Å². The highest BCUT2D eigenvalue weighted by molar-refractivity contribution is 7.14. The van der Waals surface area contributed by atoms with Crippen molar-refractivity contribution < 1.29 is 9.59 Å². The molecule has 1 aromatic carbocycles. The topological polar surface area (TPSA) is 84.0 Å². The molecular formula is C17H14N4O2S. The molecule has 0 aliphatic rings. The first kappa shape index (κ1) is 15.8. The zero-order valence-corrected chi connectivity index (χ0v) is 13.6. The molecule has 2 N–H and O–H groups in total. The van der Waals surface area contributed by atoms with Gasteiger partial charge in [0.2, 0.25) is 5.91 Å². The highest BCUT2D eigenvalue weighted by Crippen LogP contribution is 2.20. The summed E-state index contributed by atoms with van der Waals surface area (Å²) in [5.74, 6) is -0.161. The van der Waals surface area contributed by atoms with Crippen molar-refractivity contribution in [1.29, 1.82) is 0 Å². The van der Waals surface area contributed by atoms with Crippen LogP contribution in [0.1, 0.15) is 17.4 Å². The summed E-state index contributed by atoms with van der Waals surface area (Å²) in [6.45, 7) is 1.39. The van der Waals surface area contributed by atoms with Gasteiger partial charge in [-0.2, -0.15) is 0 Å². The molecule has 0 unspecified atom stereocenters. The van der Waals surface area contributed by atoms with Crippen LogP contribution >= 0.6 is 11.3 Å². The van der Waals surface area contributed by atoms with Gasteiger partial charge in [-0.15, -0.1) is 11.3 Å². The van der Waals surface area contributed by atoms with Crippen LogP contribution in [0.4, 0.5) is 10.9 Å². The van der Waals surface area contributed by atoms with Crippen molar-refractivity contribution in [2.45, 2.75) is 6.92 Å². The number of amides is 2. The van der Waals surface area contributed by atoms with Crippen molar-refractivity contribution >= 4 is 34.1 Å². The molecule has 24 heavy (non-hydrogen) atoms. The third-order valence-corrected chi connectivity index (χ3v) is 3.89. The van der Waals surface area contributed by atoms with Gasteiger partial charge in [0.15, 0.2) is 5.13 Å². The summed E-state index contributed by atoms with van der Waals surface area (Å²) in [7, 11) is 0. The Hall–Kier alpha value is -3.06. The first-order valence-corrected chi connectivity index (χ1v) is 8.06. The van der Waals surface area contributed by atoms with Crippen LogP contribution in [-0.4, -0.2) is 21.8 Å². The van der Waals surface area contributed by atoms with E-state index in [2.05, 4.69) is 20.6 Å². The number of nitrogens with one attached hydrogen (secondary N) is 2. The number of hydrogen-bond acceptors (Lipinski definition) is 5. The zero-order chi connectivity index (χ0) is 16.9. The van der Waals surface area contributed by atoms with Crippen LogP contribution in [0.2, 0.25) is 0 Å². The number of thiazole rings is 1. The Balaban J connectivity index is 1.68. The average molecular weight is 338 g/mol. The lowest BCUT2D eigenvalue weighted by Gasteiger charge is -2.04. The number of rotatable bonds is 4. The molecule has 0 aliphatic heterocycles. The SMILES string of the molecule is CC(=O)Nc1nc(C(=O)Nc2ccc(-c3ccccc3)cn2)cs1. The first-order chi connectivity index (χ1) is 11.6. The molecule has 2 heterocycles. The summed E-state index contributed by atoms with van der Waals surface area (Å²) < 4.78 is 0. The lowest BCUT2D eigenvalue weighted by atomic mass is 10.1. The summed E-state index contributed by atoms with van der Waals surface area (Å²) in [4.78, 5) is 31.4. The van der Waals surface area contributed by atoms with E-state index in [9.17, 15) is 9.59 Å². The van der Waals surface area contributed by atoms with Crippen LogP contribution < -0.4 is 10.6 Å². The van der Waals surface area contributed by atoms with E-state index in [1.165, 1.54) is 18.3 Å². The van der Waals surface area contributed by atoms with Crippen LogP contribution in [0.25, 0.3) is 11.1 Å². The fraction of sp³-hybridized carbons (Fsp3) is 0.0588. The van der Waals surface area contributed by atoms with Gasteiger partial charge in [-0.25, -0.2) is 9.97 Å². The largest absolute Gasteiger partial charge is 0.305 e. The highest BCUT2D eigenvalue weighted by atomic mass is 32.1. The molecule has 0 radical (unpaired) electrons. The molecule has 3 rings (SSSR count). The number of hydrogen-bond donors (Lipinski definition) is 2. The fourth-order valence-electron chi connectivity index (χ4n) is 2.04. The van der Waals surface area contributed by atoms with Gasteiger partial charge in [-0.1, -0.05) is 30.3 Å². The molecule has 0 saturated heterocycles. The third kappa shape index (κ3) is 3.82. The van der Waals surface area contributed by atoms with Crippen molar-refractivity contribution in [3.63, 3.8) is 0 Å². The van der Waals surface area contributed by atoms with Crippen LogP contribution in [0, 0.1) is 0 Å². The predicted molar refractivity (Wildman–Crippen MR) is 94.0 cm³/mol. The predicted octanol–water partition coefficient (Wildman–Crippen LogP) is 3.42. The van der Waals surface area contributed by atoms with Gasteiger partial charge in [0.25, 0.3) is 5.91 Å². The molecule has 0 fully saturated rings. The van der Waals surface area contributed by atoms with Crippen molar-refractivity contribution in [3.8, 4) is 11.1 Å². The van der Waals surface area contributed by atoms with Gasteiger partial charge in [-0.3, -0.25) is 9.59 Å². The van der Waals surface area contributed by atoms with Gasteiger partial charge in [0.1, 0.15) is 11.5 Å². The smallest absolute Gasteiger partial charge is 0.276 e. The quantitative estimate of drug-likeness (QED) is 0.763. The fourth-order valence-corrected chi connectivity index (χ4v) is 2.77. The van der Waals surface area contributed by atoms with E-state index in [1.54, 1.807) is 17.6 Å². The maximum absolute atomic E-state index is 12.1. The number of benzene rings is 1. The third-order valence-electron chi connectivity index (χ3n) is 3.13. The zero-order valence-electron chi connectivity index (χ0n) is 12.8. The number of carbonyl (C=O) groups is 2. The number of aromatic nitrogens is 2. The molecule has 6 nitrogen and oxygen atoms in total. The van der Waals surface area contributed by atoms with E-state index in [1.807, 2.05) is 36.4 Å². The molecule has 2 aromatic heterocycles. The molecule has 0 spiro atoms. The molecule has 0 bridgehead atoms. The highest BCUT2D eigenvalue weighted by Gasteiger charge is 2.12. The maximum Gasteiger partial charge on any atom is 0.276 e. The summed E-state index contributed by atoms with van der Waals surface area (Å²) in [6, 6.07) is 13.5. The number of nitrogens with zero attached hydrogens (tertiary/aromatic N) is 2. The molecule has 2 amide bonds. The van der Waals surface area contributed by atoms with E-state index in [0.29, 0.717) is 10.9 Å². The summed E-state index contributed by atoms with van der Waals surface area (Å²) in [5.41, 5.74) is 2.26. The lowest BCUT2D eigenvalue weighted by Crippen LogP contribution is -2.13. The first-order valence-electron chi connectivity index (χ1n) is 7.18. The van der Waals surface area contributed by atoms with E-state index < -0.39 is 0 Å². The summed E-state index contributed by atoms with van der Waals surface area (Å²) in [5, 5.41) is 7.20. The Morgan fingerprint density at radius 2 is 1.79 bits per heavy atom. The molecule has 3 aromatic rings. The van der Waals surface area contributed by atoms with Gasteiger partial charge < -0.3 is 10.6 Å². The normalized spacial score (nSPS) is 10.2. The number of carbonyl (C=O) groups excluding carboxylic acids is 2. The van der Waals surface area contributed by atoms with Gasteiger partial charge >= 0.3 is 0 Å². The second kappa shape index (κ2) is 7.01. The minimum absolute atomic E-state index is 0.227. The Bertz CT molecular complexity index is 860. The monoisotopic (exact) mass is 338 g/mol. The minimum Gasteiger partial charge on any atom is -0.305 e. The Labute approximate surface area is 142 Å². The van der Waals surface area contributed by atoms with E-state index in [4.69, 9.17) is 0 Å².